The highest BCUT2D eigenvalue weighted by atomic mass is 16.6. The van der Waals surface area contributed by atoms with E-state index in [-0.39, 0.29) is 35.4 Å². The van der Waals surface area contributed by atoms with E-state index in [1.165, 1.54) is 12.8 Å². The molecule has 0 bridgehead atoms. The van der Waals surface area contributed by atoms with Gasteiger partial charge in [0.1, 0.15) is 0 Å². The second kappa shape index (κ2) is 11.1. The van der Waals surface area contributed by atoms with Crippen LogP contribution in [-0.2, 0) is 14.9 Å². The van der Waals surface area contributed by atoms with Gasteiger partial charge in [0.05, 0.1) is 36.6 Å². The van der Waals surface area contributed by atoms with Gasteiger partial charge in [-0.25, -0.2) is 0 Å². The Morgan fingerprint density at radius 1 is 1.17 bits per heavy atom. The fourth-order valence-electron chi connectivity index (χ4n) is 5.03. The van der Waals surface area contributed by atoms with Crippen molar-refractivity contribution in [2.24, 2.45) is 11.8 Å². The minimum Gasteiger partial charge on any atom is -0.389 e. The van der Waals surface area contributed by atoms with Crippen LogP contribution in [0.4, 0.5) is 5.69 Å². The van der Waals surface area contributed by atoms with Crippen LogP contribution >= 0.6 is 0 Å². The number of Topliss-reactive ketones (excluding diaryl/α,β-unsaturated/α-hetero) is 1. The van der Waals surface area contributed by atoms with Crippen molar-refractivity contribution in [3.63, 3.8) is 0 Å². The summed E-state index contributed by atoms with van der Waals surface area (Å²) in [6.07, 6.45) is 1.92. The van der Waals surface area contributed by atoms with Gasteiger partial charge < -0.3 is 19.9 Å². The molecule has 36 heavy (non-hydrogen) atoms. The number of hydrogen-bond donors (Lipinski definition) is 2. The Labute approximate surface area is 219 Å². The standard InChI is InChI=1S/C30H50N2O4/c1-10-32(17-21-11-12-21)26-20(2)30(8,9)25-15-22(13-14-24(25)27(26)34)31-16-23(33)18-35-29(6,7)19-36-28(3,4)5/h13-15,20-21,23,26,31,33H,10-12,16-19H2,1-9H3/t20-,23?,26?/m0/s1. The van der Waals surface area contributed by atoms with E-state index in [9.17, 15) is 9.90 Å². The van der Waals surface area contributed by atoms with Crippen LogP contribution in [0.1, 0.15) is 91.1 Å². The molecule has 2 aliphatic carbocycles. The number of nitrogens with zero attached hydrogens (tertiary/aromatic N) is 1. The average molecular weight is 503 g/mol. The predicted molar refractivity (Wildman–Crippen MR) is 147 cm³/mol. The predicted octanol–water partition coefficient (Wildman–Crippen LogP) is 5.28. The van der Waals surface area contributed by atoms with Gasteiger partial charge in [-0.15, -0.1) is 0 Å². The number of likely N-dealkylation sites (N-methyl/N-ethyl adjacent to an activating group) is 1. The molecule has 6 nitrogen and oxygen atoms in total. The van der Waals surface area contributed by atoms with Crippen LogP contribution in [0.15, 0.2) is 18.2 Å². The lowest BCUT2D eigenvalue weighted by Crippen LogP contribution is -2.55. The van der Waals surface area contributed by atoms with Gasteiger partial charge in [-0.05, 0) is 95.0 Å². The molecule has 3 rings (SSSR count). The number of aliphatic hydroxyl groups is 1. The van der Waals surface area contributed by atoms with Gasteiger partial charge in [0.15, 0.2) is 5.78 Å². The molecule has 1 aromatic rings. The summed E-state index contributed by atoms with van der Waals surface area (Å²) in [6.45, 7) is 21.9. The van der Waals surface area contributed by atoms with Gasteiger partial charge in [0.2, 0.25) is 0 Å². The second-order valence-electron chi connectivity index (χ2n) is 13.1. The molecule has 1 saturated carbocycles. The molecule has 0 aromatic heterocycles. The van der Waals surface area contributed by atoms with E-state index in [0.29, 0.717) is 13.2 Å². The van der Waals surface area contributed by atoms with Crippen molar-refractivity contribution in [2.75, 3.05) is 38.2 Å². The van der Waals surface area contributed by atoms with Gasteiger partial charge in [-0.3, -0.25) is 9.69 Å². The number of carbonyl (C=O) groups excluding carboxylic acids is 1. The molecule has 2 N–H and O–H groups in total. The molecule has 1 aromatic carbocycles. The fraction of sp³-hybridized carbons (Fsp3) is 0.767. The molecule has 2 unspecified atom stereocenters. The zero-order valence-electron chi connectivity index (χ0n) is 24.1. The smallest absolute Gasteiger partial charge is 0.180 e. The number of aliphatic hydroxyl groups excluding tert-OH is 1. The Balaban J connectivity index is 1.63. The first-order chi connectivity index (χ1) is 16.6. The van der Waals surface area contributed by atoms with E-state index in [0.717, 1.165) is 35.8 Å². The second-order valence-corrected chi connectivity index (χ2v) is 13.1. The topological polar surface area (TPSA) is 71.0 Å². The minimum absolute atomic E-state index is 0.0681. The summed E-state index contributed by atoms with van der Waals surface area (Å²) in [6, 6.07) is 5.97. The SMILES string of the molecule is CCN(CC1CC1)C1C(=O)c2ccc(NCC(O)COC(C)(C)COC(C)(C)C)cc2C(C)(C)[C@H]1C. The van der Waals surface area contributed by atoms with Gasteiger partial charge in [0, 0.05) is 24.3 Å². The maximum atomic E-state index is 13.7. The van der Waals surface area contributed by atoms with E-state index >= 15 is 0 Å². The Morgan fingerprint density at radius 2 is 1.83 bits per heavy atom. The first-order valence-corrected chi connectivity index (χ1v) is 13.8. The van der Waals surface area contributed by atoms with Crippen LogP contribution in [0.5, 0.6) is 0 Å². The molecule has 3 atom stereocenters. The Bertz CT molecular complexity index is 901. The van der Waals surface area contributed by atoms with Crippen molar-refractivity contribution in [1.29, 1.82) is 0 Å². The number of fused-ring (bicyclic) bond motifs is 1. The Kier molecular flexibility index (Phi) is 8.97. The first-order valence-electron chi connectivity index (χ1n) is 13.8. The highest BCUT2D eigenvalue weighted by molar-refractivity contribution is 6.03. The number of ether oxygens (including phenoxy) is 2. The van der Waals surface area contributed by atoms with Crippen LogP contribution < -0.4 is 5.32 Å². The molecule has 0 amide bonds. The summed E-state index contributed by atoms with van der Waals surface area (Å²) in [5.74, 6) is 1.22. The Morgan fingerprint density at radius 3 is 2.42 bits per heavy atom. The Hall–Kier alpha value is -1.47. The lowest BCUT2D eigenvalue weighted by Gasteiger charge is -2.47. The molecule has 0 radical (unpaired) electrons. The van der Waals surface area contributed by atoms with Crippen LogP contribution in [-0.4, -0.2) is 72.0 Å². The number of benzene rings is 1. The zero-order chi connectivity index (χ0) is 26.9. The largest absolute Gasteiger partial charge is 0.389 e. The van der Waals surface area contributed by atoms with Crippen molar-refractivity contribution in [2.45, 2.75) is 104 Å². The molecule has 1 fully saturated rings. The number of rotatable bonds is 12. The number of hydrogen-bond acceptors (Lipinski definition) is 6. The minimum atomic E-state index is -0.659. The molecule has 0 spiro atoms. The lowest BCUT2D eigenvalue weighted by atomic mass is 9.63. The van der Waals surface area contributed by atoms with Crippen molar-refractivity contribution in [3.8, 4) is 0 Å². The summed E-state index contributed by atoms with van der Waals surface area (Å²) in [5.41, 5.74) is 2.00. The third-order valence-corrected chi connectivity index (χ3v) is 7.91. The van der Waals surface area contributed by atoms with E-state index in [1.807, 2.05) is 46.8 Å². The molecular weight excluding hydrogens is 452 g/mol. The number of anilines is 1. The van der Waals surface area contributed by atoms with E-state index in [1.54, 1.807) is 0 Å². The molecule has 204 valence electrons. The van der Waals surface area contributed by atoms with Crippen LogP contribution in [0, 0.1) is 11.8 Å². The van der Waals surface area contributed by atoms with Crippen LogP contribution in [0.25, 0.3) is 0 Å². The van der Waals surface area contributed by atoms with Crippen LogP contribution in [0.3, 0.4) is 0 Å². The third kappa shape index (κ3) is 7.31. The molecule has 0 saturated heterocycles. The quantitative estimate of drug-likeness (QED) is 0.405. The van der Waals surface area contributed by atoms with Crippen molar-refractivity contribution >= 4 is 11.5 Å². The van der Waals surface area contributed by atoms with Crippen molar-refractivity contribution in [1.82, 2.24) is 4.90 Å². The maximum absolute atomic E-state index is 13.7. The zero-order valence-corrected chi connectivity index (χ0v) is 24.1. The molecule has 2 aliphatic rings. The van der Waals surface area contributed by atoms with Gasteiger partial charge in [-0.1, -0.05) is 27.7 Å². The van der Waals surface area contributed by atoms with Gasteiger partial charge >= 0.3 is 0 Å². The normalized spacial score (nSPS) is 23.0. The summed E-state index contributed by atoms with van der Waals surface area (Å²) in [7, 11) is 0. The summed E-state index contributed by atoms with van der Waals surface area (Å²) in [5, 5.41) is 13.9. The molecule has 0 heterocycles. The highest BCUT2D eigenvalue weighted by Gasteiger charge is 2.47. The summed E-state index contributed by atoms with van der Waals surface area (Å²) >= 11 is 0. The van der Waals surface area contributed by atoms with E-state index in [2.05, 4.69) is 44.0 Å². The lowest BCUT2D eigenvalue weighted by molar-refractivity contribution is -0.127. The molecular formula is C30H50N2O4. The number of nitrogens with one attached hydrogen (secondary N) is 1. The summed E-state index contributed by atoms with van der Waals surface area (Å²) in [4.78, 5) is 16.1. The fourth-order valence-corrected chi connectivity index (χ4v) is 5.03. The van der Waals surface area contributed by atoms with Gasteiger partial charge in [0.25, 0.3) is 0 Å². The number of carbonyl (C=O) groups is 1. The van der Waals surface area contributed by atoms with E-state index < -0.39 is 11.7 Å². The van der Waals surface area contributed by atoms with Gasteiger partial charge in [-0.2, -0.15) is 0 Å². The van der Waals surface area contributed by atoms with E-state index in [4.69, 9.17) is 9.47 Å². The highest BCUT2D eigenvalue weighted by Crippen LogP contribution is 2.44. The first kappa shape index (κ1) is 29.1. The van der Waals surface area contributed by atoms with Crippen molar-refractivity contribution < 1.29 is 19.4 Å². The molecule has 6 heteroatoms. The average Bonchev–Trinajstić information content (AvgIpc) is 3.62. The monoisotopic (exact) mass is 502 g/mol. The maximum Gasteiger partial charge on any atom is 0.180 e. The van der Waals surface area contributed by atoms with Crippen molar-refractivity contribution in [3.05, 3.63) is 29.3 Å². The number of ketones is 1. The van der Waals surface area contributed by atoms with Crippen LogP contribution in [0.2, 0.25) is 0 Å². The summed E-state index contributed by atoms with van der Waals surface area (Å²) < 4.78 is 11.8. The third-order valence-electron chi connectivity index (χ3n) is 7.91. The molecule has 0 aliphatic heterocycles.